The van der Waals surface area contributed by atoms with Gasteiger partial charge in [0, 0.05) is 13.0 Å². The SMILES string of the molecule is C#CCC(O)CC1CC(OCC)C1. The Bertz CT molecular complexity index is 177. The van der Waals surface area contributed by atoms with Crippen LogP contribution in [-0.2, 0) is 4.74 Å². The van der Waals surface area contributed by atoms with Crippen LogP contribution in [0.4, 0.5) is 0 Å². The Morgan fingerprint density at radius 3 is 2.85 bits per heavy atom. The second-order valence-electron chi connectivity index (χ2n) is 3.71. The molecule has 1 fully saturated rings. The summed E-state index contributed by atoms with van der Waals surface area (Å²) in [4.78, 5) is 0. The fourth-order valence-electron chi connectivity index (χ4n) is 1.84. The lowest BCUT2D eigenvalue weighted by Gasteiger charge is -2.35. The van der Waals surface area contributed by atoms with Crippen molar-refractivity contribution in [3.05, 3.63) is 0 Å². The average molecular weight is 182 g/mol. The maximum absolute atomic E-state index is 9.42. The predicted molar refractivity (Wildman–Crippen MR) is 52.2 cm³/mol. The molecular weight excluding hydrogens is 164 g/mol. The standard InChI is InChI=1S/C11H18O2/c1-3-5-10(12)6-9-7-11(8-9)13-4-2/h1,9-12H,4-8H2,2H3. The van der Waals surface area contributed by atoms with E-state index >= 15 is 0 Å². The summed E-state index contributed by atoms with van der Waals surface area (Å²) < 4.78 is 5.43. The van der Waals surface area contributed by atoms with E-state index in [2.05, 4.69) is 5.92 Å². The third-order valence-corrected chi connectivity index (χ3v) is 2.55. The van der Waals surface area contributed by atoms with E-state index < -0.39 is 0 Å². The minimum atomic E-state index is -0.308. The highest BCUT2D eigenvalue weighted by Gasteiger charge is 2.30. The van der Waals surface area contributed by atoms with E-state index in [0.29, 0.717) is 18.4 Å². The average Bonchev–Trinajstić information content (AvgIpc) is 2.01. The Labute approximate surface area is 80.3 Å². The van der Waals surface area contributed by atoms with Gasteiger partial charge in [-0.25, -0.2) is 0 Å². The number of terminal acetylenes is 1. The zero-order valence-electron chi connectivity index (χ0n) is 8.20. The molecule has 0 saturated heterocycles. The number of hydrogen-bond acceptors (Lipinski definition) is 2. The van der Waals surface area contributed by atoms with Crippen LogP contribution in [0.25, 0.3) is 0 Å². The Morgan fingerprint density at radius 1 is 1.62 bits per heavy atom. The second-order valence-corrected chi connectivity index (χ2v) is 3.71. The van der Waals surface area contributed by atoms with Gasteiger partial charge in [0.2, 0.25) is 0 Å². The van der Waals surface area contributed by atoms with Gasteiger partial charge in [-0.1, -0.05) is 0 Å². The van der Waals surface area contributed by atoms with Crippen LogP contribution in [0.15, 0.2) is 0 Å². The van der Waals surface area contributed by atoms with E-state index in [0.717, 1.165) is 25.9 Å². The lowest BCUT2D eigenvalue weighted by Crippen LogP contribution is -2.33. The normalized spacial score (nSPS) is 29.0. The van der Waals surface area contributed by atoms with Gasteiger partial charge in [-0.3, -0.25) is 0 Å². The van der Waals surface area contributed by atoms with E-state index in [1.807, 2.05) is 6.92 Å². The maximum atomic E-state index is 9.42. The van der Waals surface area contributed by atoms with Gasteiger partial charge < -0.3 is 9.84 Å². The van der Waals surface area contributed by atoms with Crippen molar-refractivity contribution in [1.82, 2.24) is 0 Å². The lowest BCUT2D eigenvalue weighted by atomic mass is 9.78. The van der Waals surface area contributed by atoms with Crippen molar-refractivity contribution in [2.24, 2.45) is 5.92 Å². The molecule has 2 heteroatoms. The Hall–Kier alpha value is -0.520. The molecule has 1 aliphatic rings. The van der Waals surface area contributed by atoms with E-state index in [1.54, 1.807) is 0 Å². The fraction of sp³-hybridized carbons (Fsp3) is 0.818. The largest absolute Gasteiger partial charge is 0.392 e. The molecule has 0 aliphatic heterocycles. The van der Waals surface area contributed by atoms with Gasteiger partial charge >= 0.3 is 0 Å². The summed E-state index contributed by atoms with van der Waals surface area (Å²) in [5, 5.41) is 9.42. The molecule has 1 unspecified atom stereocenters. The van der Waals surface area contributed by atoms with Crippen LogP contribution in [0.5, 0.6) is 0 Å². The molecule has 13 heavy (non-hydrogen) atoms. The summed E-state index contributed by atoms with van der Waals surface area (Å²) in [5.41, 5.74) is 0. The quantitative estimate of drug-likeness (QED) is 0.654. The van der Waals surface area contributed by atoms with Gasteiger partial charge in [-0.2, -0.15) is 0 Å². The second kappa shape index (κ2) is 5.26. The molecule has 0 aromatic carbocycles. The number of aliphatic hydroxyl groups excluding tert-OH is 1. The molecule has 0 aromatic rings. The molecule has 1 N–H and O–H groups in total. The van der Waals surface area contributed by atoms with Crippen LogP contribution in [0.2, 0.25) is 0 Å². The molecule has 1 aliphatic carbocycles. The molecule has 1 saturated carbocycles. The molecule has 1 atom stereocenters. The third-order valence-electron chi connectivity index (χ3n) is 2.55. The topological polar surface area (TPSA) is 29.5 Å². The van der Waals surface area contributed by atoms with Crippen molar-refractivity contribution in [2.75, 3.05) is 6.61 Å². The van der Waals surface area contributed by atoms with Crippen molar-refractivity contribution in [1.29, 1.82) is 0 Å². The van der Waals surface area contributed by atoms with Crippen LogP contribution in [0.1, 0.15) is 32.6 Å². The first kappa shape index (κ1) is 10.6. The van der Waals surface area contributed by atoms with E-state index in [1.165, 1.54) is 0 Å². The van der Waals surface area contributed by atoms with Crippen molar-refractivity contribution in [3.8, 4) is 12.3 Å². The highest BCUT2D eigenvalue weighted by Crippen LogP contribution is 2.33. The van der Waals surface area contributed by atoms with Gasteiger partial charge in [0.25, 0.3) is 0 Å². The van der Waals surface area contributed by atoms with Crippen molar-refractivity contribution in [3.63, 3.8) is 0 Å². The third kappa shape index (κ3) is 3.38. The van der Waals surface area contributed by atoms with Crippen LogP contribution in [0, 0.1) is 18.3 Å². The zero-order chi connectivity index (χ0) is 9.68. The number of hydrogen-bond donors (Lipinski definition) is 1. The van der Waals surface area contributed by atoms with Crippen LogP contribution in [-0.4, -0.2) is 23.9 Å². The Morgan fingerprint density at radius 2 is 2.31 bits per heavy atom. The zero-order valence-corrected chi connectivity index (χ0v) is 8.20. The fourth-order valence-corrected chi connectivity index (χ4v) is 1.84. The summed E-state index contributed by atoms with van der Waals surface area (Å²) in [7, 11) is 0. The van der Waals surface area contributed by atoms with E-state index in [9.17, 15) is 5.11 Å². The molecule has 0 heterocycles. The lowest BCUT2D eigenvalue weighted by molar-refractivity contribution is -0.0372. The van der Waals surface area contributed by atoms with Gasteiger partial charge in [0.1, 0.15) is 0 Å². The first-order chi connectivity index (χ1) is 6.26. The minimum Gasteiger partial charge on any atom is -0.392 e. The molecule has 0 radical (unpaired) electrons. The first-order valence-electron chi connectivity index (χ1n) is 4.99. The van der Waals surface area contributed by atoms with Crippen LogP contribution >= 0.6 is 0 Å². The van der Waals surface area contributed by atoms with Gasteiger partial charge in [-0.05, 0) is 32.1 Å². The number of aliphatic hydroxyl groups is 1. The first-order valence-corrected chi connectivity index (χ1v) is 4.99. The minimum absolute atomic E-state index is 0.308. The molecule has 2 nitrogen and oxygen atoms in total. The molecular formula is C11H18O2. The van der Waals surface area contributed by atoms with Gasteiger partial charge in [-0.15, -0.1) is 12.3 Å². The summed E-state index contributed by atoms with van der Waals surface area (Å²) in [6.45, 7) is 2.81. The van der Waals surface area contributed by atoms with Crippen molar-refractivity contribution < 1.29 is 9.84 Å². The summed E-state index contributed by atoms with van der Waals surface area (Å²) >= 11 is 0. The van der Waals surface area contributed by atoms with E-state index in [-0.39, 0.29) is 6.10 Å². The Kier molecular flexibility index (Phi) is 4.27. The van der Waals surface area contributed by atoms with Gasteiger partial charge in [0.05, 0.1) is 12.2 Å². The van der Waals surface area contributed by atoms with Crippen LogP contribution < -0.4 is 0 Å². The molecule has 0 spiro atoms. The van der Waals surface area contributed by atoms with Crippen molar-refractivity contribution in [2.45, 2.75) is 44.8 Å². The molecule has 1 rings (SSSR count). The summed E-state index contributed by atoms with van der Waals surface area (Å²) in [5.74, 6) is 3.10. The predicted octanol–water partition coefficient (Wildman–Crippen LogP) is 1.58. The number of rotatable bonds is 5. The highest BCUT2D eigenvalue weighted by atomic mass is 16.5. The smallest absolute Gasteiger partial charge is 0.0652 e. The maximum Gasteiger partial charge on any atom is 0.0652 e. The molecule has 0 amide bonds. The summed E-state index contributed by atoms with van der Waals surface area (Å²) in [6.07, 6.45) is 8.74. The number of ether oxygens (including phenoxy) is 1. The summed E-state index contributed by atoms with van der Waals surface area (Å²) in [6, 6.07) is 0. The molecule has 74 valence electrons. The molecule has 0 bridgehead atoms. The van der Waals surface area contributed by atoms with Crippen molar-refractivity contribution >= 4 is 0 Å². The molecule has 0 aromatic heterocycles. The Balaban J connectivity index is 2.04. The highest BCUT2D eigenvalue weighted by molar-refractivity contribution is 4.89. The monoisotopic (exact) mass is 182 g/mol. The van der Waals surface area contributed by atoms with Crippen LogP contribution in [0.3, 0.4) is 0 Å². The van der Waals surface area contributed by atoms with E-state index in [4.69, 9.17) is 11.2 Å². The van der Waals surface area contributed by atoms with Gasteiger partial charge in [0.15, 0.2) is 0 Å².